The smallest absolute Gasteiger partial charge is 0.175 e. The molecule has 0 fully saturated rings. The molecule has 18 heavy (non-hydrogen) atoms. The van der Waals surface area contributed by atoms with Crippen LogP contribution in [0.25, 0.3) is 4.91 Å². The fraction of sp³-hybridized carbons (Fsp3) is 0.214. The number of nitrogens with zero attached hydrogens (tertiary/aromatic N) is 2. The van der Waals surface area contributed by atoms with Crippen LogP contribution in [0.3, 0.4) is 0 Å². The molecule has 0 amide bonds. The molecular formula is C14H14N2OS. The van der Waals surface area contributed by atoms with Gasteiger partial charge < -0.3 is 5.11 Å². The number of rotatable bonds is 1. The number of fused-ring (bicyclic) bond motifs is 1. The van der Waals surface area contributed by atoms with E-state index in [0.717, 1.165) is 27.0 Å². The van der Waals surface area contributed by atoms with E-state index in [1.807, 2.05) is 54.8 Å². The van der Waals surface area contributed by atoms with Gasteiger partial charge in [-0.05, 0) is 25.5 Å². The summed E-state index contributed by atoms with van der Waals surface area (Å²) in [6.45, 7) is 3.95. The molecule has 1 aliphatic heterocycles. The first-order valence-corrected chi connectivity index (χ1v) is 6.67. The molecule has 1 unspecified atom stereocenters. The number of benzene rings is 1. The summed E-state index contributed by atoms with van der Waals surface area (Å²) >= 11 is 1.60. The van der Waals surface area contributed by atoms with E-state index in [1.165, 1.54) is 0 Å². The third kappa shape index (κ3) is 1.78. The number of aliphatic hydroxyl groups is 1. The van der Waals surface area contributed by atoms with Gasteiger partial charge in [0, 0.05) is 10.6 Å². The van der Waals surface area contributed by atoms with Crippen LogP contribution in [0.4, 0.5) is 0 Å². The number of thioether (sulfide) groups is 1. The molecule has 0 bridgehead atoms. The van der Waals surface area contributed by atoms with E-state index in [4.69, 9.17) is 0 Å². The molecule has 0 saturated carbocycles. The fourth-order valence-corrected chi connectivity index (χ4v) is 3.25. The van der Waals surface area contributed by atoms with Crippen LogP contribution in [-0.2, 0) is 0 Å². The molecule has 2 heterocycles. The van der Waals surface area contributed by atoms with Crippen molar-refractivity contribution >= 4 is 16.7 Å². The summed E-state index contributed by atoms with van der Waals surface area (Å²) in [6.07, 6.45) is 1.25. The van der Waals surface area contributed by atoms with Crippen LogP contribution in [0.1, 0.15) is 23.2 Å². The van der Waals surface area contributed by atoms with Crippen LogP contribution in [0.15, 0.2) is 41.6 Å². The summed E-state index contributed by atoms with van der Waals surface area (Å²) in [7, 11) is 0. The molecule has 92 valence electrons. The predicted octanol–water partition coefficient (Wildman–Crippen LogP) is 3.14. The van der Waals surface area contributed by atoms with Crippen molar-refractivity contribution in [3.63, 3.8) is 0 Å². The quantitative estimate of drug-likeness (QED) is 0.854. The van der Waals surface area contributed by atoms with Gasteiger partial charge in [-0.1, -0.05) is 42.1 Å². The number of aliphatic hydroxyl groups excluding tert-OH is 1. The second-order valence-corrected chi connectivity index (χ2v) is 5.36. The minimum atomic E-state index is -0.627. The third-order valence-electron chi connectivity index (χ3n) is 3.18. The molecule has 4 heteroatoms. The maximum absolute atomic E-state index is 10.2. The van der Waals surface area contributed by atoms with Crippen LogP contribution >= 0.6 is 11.8 Å². The molecular weight excluding hydrogens is 244 g/mol. The minimum absolute atomic E-state index is 0.627. The zero-order valence-electron chi connectivity index (χ0n) is 10.3. The predicted molar refractivity (Wildman–Crippen MR) is 73.2 cm³/mol. The number of hydrogen-bond acceptors (Lipinski definition) is 3. The van der Waals surface area contributed by atoms with Crippen LogP contribution < -0.4 is 0 Å². The molecule has 3 nitrogen and oxygen atoms in total. The van der Waals surface area contributed by atoms with Gasteiger partial charge >= 0.3 is 0 Å². The molecule has 3 rings (SSSR count). The Balaban J connectivity index is 2.04. The zero-order valence-corrected chi connectivity index (χ0v) is 11.1. The average molecular weight is 258 g/mol. The van der Waals surface area contributed by atoms with Gasteiger partial charge in [-0.15, -0.1) is 0 Å². The Kier molecular flexibility index (Phi) is 2.76. The Morgan fingerprint density at radius 2 is 1.94 bits per heavy atom. The SMILES string of the molecule is Cc1nc2n(c1C)C(O)C=C(c1ccccc1)S2. The first kappa shape index (κ1) is 11.6. The highest BCUT2D eigenvalue weighted by atomic mass is 32.2. The van der Waals surface area contributed by atoms with Gasteiger partial charge in [-0.3, -0.25) is 4.57 Å². The van der Waals surface area contributed by atoms with Gasteiger partial charge in [0.2, 0.25) is 0 Å². The average Bonchev–Trinajstić information content (AvgIpc) is 2.66. The van der Waals surface area contributed by atoms with E-state index in [9.17, 15) is 5.11 Å². The van der Waals surface area contributed by atoms with Crippen LogP contribution in [0.2, 0.25) is 0 Å². The molecule has 1 aliphatic rings. The lowest BCUT2D eigenvalue weighted by atomic mass is 10.2. The van der Waals surface area contributed by atoms with Crippen molar-refractivity contribution in [1.29, 1.82) is 0 Å². The third-order valence-corrected chi connectivity index (χ3v) is 4.24. The fourth-order valence-electron chi connectivity index (χ4n) is 2.08. The second-order valence-electron chi connectivity index (χ2n) is 4.35. The molecule has 1 aromatic heterocycles. The van der Waals surface area contributed by atoms with Crippen molar-refractivity contribution in [2.45, 2.75) is 25.2 Å². The lowest BCUT2D eigenvalue weighted by Gasteiger charge is -2.21. The van der Waals surface area contributed by atoms with Crippen LogP contribution in [-0.4, -0.2) is 14.7 Å². The van der Waals surface area contributed by atoms with Crippen LogP contribution in [0.5, 0.6) is 0 Å². The van der Waals surface area contributed by atoms with Crippen LogP contribution in [0, 0.1) is 13.8 Å². The topological polar surface area (TPSA) is 38.0 Å². The molecule has 2 aromatic rings. The molecule has 0 radical (unpaired) electrons. The van der Waals surface area contributed by atoms with E-state index < -0.39 is 6.23 Å². The number of imidazole rings is 1. The van der Waals surface area contributed by atoms with Gasteiger partial charge in [0.15, 0.2) is 11.4 Å². The van der Waals surface area contributed by atoms with Crippen molar-refractivity contribution in [3.05, 3.63) is 53.4 Å². The summed E-state index contributed by atoms with van der Waals surface area (Å²) in [5, 5.41) is 11.1. The summed E-state index contributed by atoms with van der Waals surface area (Å²) in [4.78, 5) is 5.56. The van der Waals surface area contributed by atoms with E-state index in [2.05, 4.69) is 4.98 Å². The highest BCUT2D eigenvalue weighted by Crippen LogP contribution is 2.40. The summed E-state index contributed by atoms with van der Waals surface area (Å²) in [5.41, 5.74) is 3.11. The molecule has 1 N–H and O–H groups in total. The zero-order chi connectivity index (χ0) is 12.7. The molecule has 1 atom stereocenters. The van der Waals surface area contributed by atoms with Crippen molar-refractivity contribution in [2.75, 3.05) is 0 Å². The number of aromatic nitrogens is 2. The highest BCUT2D eigenvalue weighted by Gasteiger charge is 2.23. The molecule has 0 spiro atoms. The monoisotopic (exact) mass is 258 g/mol. The maximum Gasteiger partial charge on any atom is 0.175 e. The Hall–Kier alpha value is -1.52. The standard InChI is InChI=1S/C14H14N2OS/c1-9-10(2)16-13(17)8-12(18-14(16)15-9)11-6-4-3-5-7-11/h3-8,13,17H,1-2H3. The van der Waals surface area contributed by atoms with E-state index >= 15 is 0 Å². The normalized spacial score (nSPS) is 18.4. The van der Waals surface area contributed by atoms with Gasteiger partial charge in [0.05, 0.1) is 5.69 Å². The van der Waals surface area contributed by atoms with Gasteiger partial charge in [0.1, 0.15) is 0 Å². The summed E-state index contributed by atoms with van der Waals surface area (Å²) < 4.78 is 1.87. The largest absolute Gasteiger partial charge is 0.369 e. The molecule has 0 aliphatic carbocycles. The lowest BCUT2D eigenvalue weighted by molar-refractivity contribution is 0.142. The number of aryl methyl sites for hydroxylation is 1. The maximum atomic E-state index is 10.2. The van der Waals surface area contributed by atoms with E-state index in [0.29, 0.717) is 0 Å². The van der Waals surface area contributed by atoms with Crippen molar-refractivity contribution in [3.8, 4) is 0 Å². The van der Waals surface area contributed by atoms with Crippen molar-refractivity contribution in [2.24, 2.45) is 0 Å². The Morgan fingerprint density at radius 1 is 1.22 bits per heavy atom. The minimum Gasteiger partial charge on any atom is -0.369 e. The lowest BCUT2D eigenvalue weighted by Crippen LogP contribution is -2.12. The number of hydrogen-bond donors (Lipinski definition) is 1. The Bertz CT molecular complexity index is 616. The Morgan fingerprint density at radius 3 is 2.67 bits per heavy atom. The second kappa shape index (κ2) is 4.30. The van der Waals surface area contributed by atoms with Gasteiger partial charge in [-0.2, -0.15) is 0 Å². The van der Waals surface area contributed by atoms with Gasteiger partial charge in [-0.25, -0.2) is 4.98 Å². The molecule has 0 saturated heterocycles. The van der Waals surface area contributed by atoms with E-state index in [1.54, 1.807) is 11.8 Å². The van der Waals surface area contributed by atoms with E-state index in [-0.39, 0.29) is 0 Å². The first-order valence-electron chi connectivity index (χ1n) is 5.85. The highest BCUT2D eigenvalue weighted by molar-refractivity contribution is 8.08. The van der Waals surface area contributed by atoms with Crippen molar-refractivity contribution in [1.82, 2.24) is 9.55 Å². The summed E-state index contributed by atoms with van der Waals surface area (Å²) in [6, 6.07) is 10.1. The van der Waals surface area contributed by atoms with Crippen molar-refractivity contribution < 1.29 is 5.11 Å². The summed E-state index contributed by atoms with van der Waals surface area (Å²) in [5.74, 6) is 0. The molecule has 1 aromatic carbocycles. The Labute approximate surface area is 110 Å². The van der Waals surface area contributed by atoms with Gasteiger partial charge in [0.25, 0.3) is 0 Å². The first-order chi connectivity index (χ1) is 8.66.